The van der Waals surface area contributed by atoms with Crippen molar-refractivity contribution < 1.29 is 122 Å². The first-order valence-corrected chi connectivity index (χ1v) is 15.8. The van der Waals surface area contributed by atoms with E-state index in [0.29, 0.717) is 41.6 Å². The Balaban J connectivity index is -0.000000348. The van der Waals surface area contributed by atoms with Gasteiger partial charge in [0, 0.05) is 151 Å². The molecule has 50 heavy (non-hydrogen) atoms. The normalized spacial score (nSPS) is 14.2. The van der Waals surface area contributed by atoms with Gasteiger partial charge in [-0.1, -0.05) is 92.6 Å². The number of nitrogens with zero attached hydrogens (tertiary/aromatic N) is 3. The Bertz CT molecular complexity index is 1700. The van der Waals surface area contributed by atoms with E-state index in [4.69, 9.17) is 28.9 Å². The van der Waals surface area contributed by atoms with Gasteiger partial charge in [0.05, 0.1) is 0 Å². The first-order valence-electron chi connectivity index (χ1n) is 14.7. The Labute approximate surface area is 387 Å². The Kier molecular flexibility index (Phi) is 29.9. The van der Waals surface area contributed by atoms with Gasteiger partial charge in [-0.25, -0.2) is 0 Å². The predicted molar refractivity (Wildman–Crippen MR) is 195 cm³/mol. The van der Waals surface area contributed by atoms with E-state index in [0.717, 1.165) is 33.0 Å². The number of rotatable bonds is 3. The molecule has 2 aliphatic heterocycles. The van der Waals surface area contributed by atoms with E-state index in [2.05, 4.69) is 12.1 Å². The average molecular weight is 1210 g/mol. The van der Waals surface area contributed by atoms with Crippen molar-refractivity contribution in [3.05, 3.63) is 96.8 Å². The number of hydrogen-bond donors (Lipinski definition) is 1. The third-order valence-electron chi connectivity index (χ3n) is 7.46. The molecular formula is C36H44Cl2N4O4W2Y2-4. The molecule has 0 bridgehead atoms. The van der Waals surface area contributed by atoms with Gasteiger partial charge in [0.2, 0.25) is 11.8 Å². The Morgan fingerprint density at radius 3 is 1.46 bits per heavy atom. The van der Waals surface area contributed by atoms with Crippen LogP contribution in [0.15, 0.2) is 48.5 Å². The molecule has 14 heteroatoms. The molecule has 2 atom stereocenters. The molecular weight excluding hydrogens is 1170 g/mol. The molecule has 2 amide bonds. The summed E-state index contributed by atoms with van der Waals surface area (Å²) in [6.07, 6.45) is 0. The number of halogens is 2. The topological polar surface area (TPSA) is 110 Å². The zero-order valence-corrected chi connectivity index (χ0v) is 42.9. The minimum absolute atomic E-state index is 0. The van der Waals surface area contributed by atoms with Crippen molar-refractivity contribution in [3.8, 4) is 0 Å². The van der Waals surface area contributed by atoms with Crippen molar-refractivity contribution in [2.75, 3.05) is 40.4 Å². The SMILES string of the molecule is CC.CC.CC(=O)N1CC(CCl)c2c1[c-]c(N)c1ccccc21.CC(=O)N1CC(CCl)c2c1[c-]c([N+](=O)[O-])c1ccccc21.[CH3-].[CH3-].[W].[W].[Y].[Y]. The predicted octanol–water partition coefficient (Wildman–Crippen LogP) is 9.09. The number of carbonyl (C=O) groups is 2. The van der Waals surface area contributed by atoms with Gasteiger partial charge in [0.25, 0.3) is 0 Å². The zero-order valence-electron chi connectivity index (χ0n) is 29.9. The number of nitro benzene ring substituents is 1. The molecule has 0 aliphatic carbocycles. The average Bonchev–Trinajstić information content (AvgIpc) is 3.62. The van der Waals surface area contributed by atoms with Crippen molar-refractivity contribution in [1.29, 1.82) is 0 Å². The van der Waals surface area contributed by atoms with Crippen LogP contribution in [0.5, 0.6) is 0 Å². The minimum Gasteiger partial charge on any atom is -0.419 e. The summed E-state index contributed by atoms with van der Waals surface area (Å²) in [6.45, 7) is 12.0. The zero-order chi connectivity index (χ0) is 32.7. The van der Waals surface area contributed by atoms with Crippen LogP contribution in [0.3, 0.4) is 0 Å². The molecule has 4 aromatic rings. The molecule has 2 aliphatic rings. The Hall–Kier alpha value is -0.296. The van der Waals surface area contributed by atoms with Gasteiger partial charge in [-0.2, -0.15) is 0 Å². The number of nitrogens with two attached hydrogens (primary N) is 1. The summed E-state index contributed by atoms with van der Waals surface area (Å²) in [5, 5.41) is 14.6. The molecule has 0 aromatic heterocycles. The van der Waals surface area contributed by atoms with Gasteiger partial charge in [-0.15, -0.1) is 68.7 Å². The monoisotopic (exact) mass is 1210 g/mol. The number of alkyl halides is 2. The maximum Gasteiger partial charge on any atom is 0.222 e. The molecule has 0 saturated carbocycles. The number of fused-ring (bicyclic) bond motifs is 6. The van der Waals surface area contributed by atoms with E-state index in [1.807, 2.05) is 64.1 Å². The van der Waals surface area contributed by atoms with E-state index in [9.17, 15) is 19.7 Å². The van der Waals surface area contributed by atoms with Crippen molar-refractivity contribution in [2.24, 2.45) is 0 Å². The van der Waals surface area contributed by atoms with Crippen molar-refractivity contribution in [2.45, 2.75) is 53.4 Å². The van der Waals surface area contributed by atoms with Crippen molar-refractivity contribution >= 4 is 79.3 Å². The van der Waals surface area contributed by atoms with Crippen LogP contribution < -0.4 is 15.5 Å². The molecule has 2 radical (unpaired) electrons. The van der Waals surface area contributed by atoms with Gasteiger partial charge < -0.3 is 30.4 Å². The smallest absolute Gasteiger partial charge is 0.222 e. The molecule has 6 rings (SSSR count). The molecule has 2 heterocycles. The van der Waals surface area contributed by atoms with Crippen molar-refractivity contribution in [1.82, 2.24) is 0 Å². The standard InChI is InChI=1S/C15H12ClN2O3.C15H14ClN2O.2C2H6.2CH3.2W.2Y/c1-9(19)17-8-10(7-16)15-12-5-3-2-4-11(12)13(18(20)21)6-14(15)17;1-9(19)18-8-10(7-16)15-12-5-3-2-4-11(12)13(17)6-14(15)18;2*1-2;;;;;;/h2-5,10H,7-8H2,1H3;2-5,10H,7-8,17H2,1H3;2*1-2H3;2*1H3;;;;/q2*-1;;;2*-1;;;;. The fraction of sp³-hybridized carbons (Fsp3) is 0.333. The summed E-state index contributed by atoms with van der Waals surface area (Å²) in [4.78, 5) is 37.6. The van der Waals surface area contributed by atoms with Crippen LogP contribution in [-0.2, 0) is 117 Å². The largest absolute Gasteiger partial charge is 0.419 e. The fourth-order valence-corrected chi connectivity index (χ4v) is 6.17. The van der Waals surface area contributed by atoms with E-state index < -0.39 is 4.92 Å². The maximum atomic E-state index is 11.8. The third-order valence-corrected chi connectivity index (χ3v) is 8.20. The summed E-state index contributed by atoms with van der Waals surface area (Å²) in [5.74, 6) is 0.782. The van der Waals surface area contributed by atoms with Gasteiger partial charge in [-0.3, -0.25) is 19.7 Å². The van der Waals surface area contributed by atoms with Crippen LogP contribution in [0, 0.1) is 37.1 Å². The molecule has 0 fully saturated rings. The van der Waals surface area contributed by atoms with Crippen molar-refractivity contribution in [3.63, 3.8) is 0 Å². The molecule has 8 nitrogen and oxygen atoms in total. The van der Waals surface area contributed by atoms with Crippen LogP contribution >= 0.6 is 23.2 Å². The first-order chi connectivity index (χ1) is 21.2. The van der Waals surface area contributed by atoms with Crippen LogP contribution in [0.4, 0.5) is 22.7 Å². The van der Waals surface area contributed by atoms with Crippen LogP contribution in [0.25, 0.3) is 21.5 Å². The Morgan fingerprint density at radius 2 is 1.10 bits per heavy atom. The molecule has 2 N–H and O–H groups in total. The van der Waals surface area contributed by atoms with Crippen LogP contribution in [0.2, 0.25) is 0 Å². The van der Waals surface area contributed by atoms with Gasteiger partial charge >= 0.3 is 0 Å². The summed E-state index contributed by atoms with van der Waals surface area (Å²) in [7, 11) is 0. The molecule has 4 aromatic carbocycles. The van der Waals surface area contributed by atoms with E-state index >= 15 is 0 Å². The maximum absolute atomic E-state index is 11.8. The second kappa shape index (κ2) is 26.5. The number of benzene rings is 4. The van der Waals surface area contributed by atoms with Crippen LogP contribution in [-0.4, -0.2) is 41.6 Å². The minimum atomic E-state index is -0.463. The summed E-state index contributed by atoms with van der Waals surface area (Å²) in [6, 6.07) is 21.0. The Morgan fingerprint density at radius 1 is 0.760 bits per heavy atom. The van der Waals surface area contributed by atoms with Crippen LogP contribution in [0.1, 0.15) is 64.5 Å². The third kappa shape index (κ3) is 11.9. The number of non-ortho nitro benzene ring substituents is 1. The second-order valence-corrected chi connectivity index (χ2v) is 10.5. The summed E-state index contributed by atoms with van der Waals surface area (Å²) < 4.78 is 0. The van der Waals surface area contributed by atoms with E-state index in [1.165, 1.54) is 11.8 Å². The quantitative estimate of drug-likeness (QED) is 0.0725. The van der Waals surface area contributed by atoms with E-state index in [-0.39, 0.29) is 152 Å². The number of nitrogen functional groups attached to an aromatic ring is 1. The second-order valence-electron chi connectivity index (χ2n) is 9.85. The number of anilines is 3. The first kappa shape index (κ1) is 56.4. The van der Waals surface area contributed by atoms with E-state index in [1.54, 1.807) is 24.0 Å². The fourth-order valence-electron chi connectivity index (χ4n) is 5.67. The number of hydrogen-bond acceptors (Lipinski definition) is 5. The summed E-state index contributed by atoms with van der Waals surface area (Å²) >= 11 is 12.1. The molecule has 268 valence electrons. The molecule has 2 unspecified atom stereocenters. The molecule has 0 spiro atoms. The summed E-state index contributed by atoms with van der Waals surface area (Å²) in [5.41, 5.74) is 9.77. The van der Waals surface area contributed by atoms with Gasteiger partial charge in [0.1, 0.15) is 0 Å². The van der Waals surface area contributed by atoms with Gasteiger partial charge in [-0.05, 0) is 11.8 Å². The number of amides is 2. The molecule has 0 saturated heterocycles. The number of nitro groups is 1. The number of carbonyl (C=O) groups excluding carboxylic acids is 2. The van der Waals surface area contributed by atoms with Gasteiger partial charge in [0.15, 0.2) is 5.69 Å².